The summed E-state index contributed by atoms with van der Waals surface area (Å²) in [7, 11) is 1.64. The predicted octanol–water partition coefficient (Wildman–Crippen LogP) is 1.80. The van der Waals surface area contributed by atoms with Crippen LogP contribution in [0.5, 0.6) is 11.5 Å². The lowest BCUT2D eigenvalue weighted by Gasteiger charge is -2.23. The van der Waals surface area contributed by atoms with E-state index in [1.165, 1.54) is 0 Å². The molecule has 1 aliphatic rings. The normalized spacial score (nSPS) is 20.0. The van der Waals surface area contributed by atoms with Crippen LogP contribution in [-0.2, 0) is 9.47 Å². The van der Waals surface area contributed by atoms with Gasteiger partial charge in [0.05, 0.1) is 26.9 Å². The molecule has 2 rings (SSSR count). The zero-order chi connectivity index (χ0) is 12.1. The van der Waals surface area contributed by atoms with E-state index < -0.39 is 0 Å². The number of hydrogen-bond donors (Lipinski definition) is 0. The van der Waals surface area contributed by atoms with Gasteiger partial charge < -0.3 is 18.9 Å². The van der Waals surface area contributed by atoms with E-state index in [9.17, 15) is 0 Å². The topological polar surface area (TPSA) is 36.9 Å². The highest BCUT2D eigenvalue weighted by molar-refractivity contribution is 5.42. The quantitative estimate of drug-likeness (QED) is 0.801. The van der Waals surface area contributed by atoms with Gasteiger partial charge in [-0.3, -0.25) is 0 Å². The molecule has 0 N–H and O–H groups in total. The van der Waals surface area contributed by atoms with Crippen LogP contribution in [0.1, 0.15) is 5.56 Å². The lowest BCUT2D eigenvalue weighted by atomic mass is 10.2. The monoisotopic (exact) mass is 238 g/mol. The molecule has 0 bridgehead atoms. The van der Waals surface area contributed by atoms with Gasteiger partial charge in [0.1, 0.15) is 12.7 Å². The summed E-state index contributed by atoms with van der Waals surface area (Å²) < 4.78 is 21.8. The Morgan fingerprint density at radius 2 is 2.18 bits per heavy atom. The van der Waals surface area contributed by atoms with Crippen LogP contribution in [-0.4, -0.2) is 39.6 Å². The van der Waals surface area contributed by atoms with E-state index in [2.05, 4.69) is 0 Å². The Balaban J connectivity index is 1.93. The Labute approximate surface area is 101 Å². The largest absolute Gasteiger partial charge is 0.493 e. The van der Waals surface area contributed by atoms with Crippen LogP contribution in [0.25, 0.3) is 0 Å². The van der Waals surface area contributed by atoms with Crippen LogP contribution >= 0.6 is 0 Å². The molecule has 4 nitrogen and oxygen atoms in total. The molecule has 1 atom stereocenters. The van der Waals surface area contributed by atoms with Crippen molar-refractivity contribution in [2.75, 3.05) is 33.5 Å². The average molecular weight is 238 g/mol. The van der Waals surface area contributed by atoms with Gasteiger partial charge in [-0.25, -0.2) is 0 Å². The van der Waals surface area contributed by atoms with E-state index >= 15 is 0 Å². The van der Waals surface area contributed by atoms with Crippen molar-refractivity contribution in [1.82, 2.24) is 0 Å². The van der Waals surface area contributed by atoms with Crippen LogP contribution < -0.4 is 9.47 Å². The fourth-order valence-electron chi connectivity index (χ4n) is 1.71. The third-order valence-electron chi connectivity index (χ3n) is 2.63. The van der Waals surface area contributed by atoms with Crippen molar-refractivity contribution in [2.24, 2.45) is 0 Å². The molecule has 0 unspecified atom stereocenters. The number of methoxy groups -OCH3 is 1. The molecular weight excluding hydrogens is 220 g/mol. The fraction of sp³-hybridized carbons (Fsp3) is 0.538. The predicted molar refractivity (Wildman–Crippen MR) is 63.8 cm³/mol. The van der Waals surface area contributed by atoms with Gasteiger partial charge in [0.25, 0.3) is 0 Å². The van der Waals surface area contributed by atoms with Crippen molar-refractivity contribution >= 4 is 0 Å². The van der Waals surface area contributed by atoms with Crippen molar-refractivity contribution in [3.05, 3.63) is 23.8 Å². The van der Waals surface area contributed by atoms with Gasteiger partial charge in [-0.05, 0) is 24.6 Å². The standard InChI is InChI=1S/C13H18O4/c1-10-3-4-12(13(7-10)14-2)17-9-11-8-15-5-6-16-11/h3-4,7,11H,5-6,8-9H2,1-2H3/t11-/m1/s1. The third kappa shape index (κ3) is 3.35. The van der Waals surface area contributed by atoms with E-state index in [0.29, 0.717) is 26.4 Å². The molecule has 17 heavy (non-hydrogen) atoms. The zero-order valence-corrected chi connectivity index (χ0v) is 10.3. The Morgan fingerprint density at radius 1 is 1.29 bits per heavy atom. The SMILES string of the molecule is COc1cc(C)ccc1OC[C@H]1COCCO1. The Kier molecular flexibility index (Phi) is 4.23. The highest BCUT2D eigenvalue weighted by Gasteiger charge is 2.15. The molecule has 0 saturated carbocycles. The number of rotatable bonds is 4. The number of aryl methyl sites for hydroxylation is 1. The van der Waals surface area contributed by atoms with Crippen molar-refractivity contribution < 1.29 is 18.9 Å². The molecule has 94 valence electrons. The summed E-state index contributed by atoms with van der Waals surface area (Å²) in [5, 5.41) is 0. The smallest absolute Gasteiger partial charge is 0.161 e. The van der Waals surface area contributed by atoms with E-state index in [4.69, 9.17) is 18.9 Å². The van der Waals surface area contributed by atoms with Gasteiger partial charge in [-0.15, -0.1) is 0 Å². The van der Waals surface area contributed by atoms with Crippen molar-refractivity contribution in [2.45, 2.75) is 13.0 Å². The second-order valence-corrected chi connectivity index (χ2v) is 4.03. The molecule has 1 heterocycles. The summed E-state index contributed by atoms with van der Waals surface area (Å²) >= 11 is 0. The average Bonchev–Trinajstić information content (AvgIpc) is 2.38. The minimum atomic E-state index is 0.00904. The first-order chi connectivity index (χ1) is 8.29. The second-order valence-electron chi connectivity index (χ2n) is 4.03. The number of hydrogen-bond acceptors (Lipinski definition) is 4. The van der Waals surface area contributed by atoms with Crippen LogP contribution in [0.3, 0.4) is 0 Å². The Hall–Kier alpha value is -1.26. The van der Waals surface area contributed by atoms with Crippen LogP contribution in [0.4, 0.5) is 0 Å². The maximum atomic E-state index is 5.69. The molecule has 1 saturated heterocycles. The summed E-state index contributed by atoms with van der Waals surface area (Å²) in [5.41, 5.74) is 1.14. The minimum absolute atomic E-state index is 0.00904. The van der Waals surface area contributed by atoms with E-state index in [1.54, 1.807) is 7.11 Å². The van der Waals surface area contributed by atoms with E-state index in [0.717, 1.165) is 17.1 Å². The molecule has 0 amide bonds. The van der Waals surface area contributed by atoms with Gasteiger partial charge in [-0.2, -0.15) is 0 Å². The minimum Gasteiger partial charge on any atom is -0.493 e. The van der Waals surface area contributed by atoms with Crippen molar-refractivity contribution in [3.8, 4) is 11.5 Å². The highest BCUT2D eigenvalue weighted by atomic mass is 16.6. The first-order valence-corrected chi connectivity index (χ1v) is 5.76. The lowest BCUT2D eigenvalue weighted by molar-refractivity contribution is -0.101. The third-order valence-corrected chi connectivity index (χ3v) is 2.63. The highest BCUT2D eigenvalue weighted by Crippen LogP contribution is 2.27. The Bertz CT molecular complexity index is 358. The Morgan fingerprint density at radius 3 is 2.88 bits per heavy atom. The summed E-state index contributed by atoms with van der Waals surface area (Å²) in [6, 6.07) is 5.86. The molecule has 0 spiro atoms. The van der Waals surface area contributed by atoms with Crippen LogP contribution in [0, 0.1) is 6.92 Å². The second kappa shape index (κ2) is 5.89. The molecule has 0 radical (unpaired) electrons. The van der Waals surface area contributed by atoms with Gasteiger partial charge in [0.15, 0.2) is 11.5 Å². The van der Waals surface area contributed by atoms with Gasteiger partial charge in [0.2, 0.25) is 0 Å². The molecule has 0 aromatic heterocycles. The summed E-state index contributed by atoms with van der Waals surface area (Å²) in [6.45, 7) is 4.40. The van der Waals surface area contributed by atoms with Crippen LogP contribution in [0.2, 0.25) is 0 Å². The summed E-state index contributed by atoms with van der Waals surface area (Å²) in [4.78, 5) is 0. The van der Waals surface area contributed by atoms with Crippen LogP contribution in [0.15, 0.2) is 18.2 Å². The molecule has 1 aromatic rings. The maximum absolute atomic E-state index is 5.69. The maximum Gasteiger partial charge on any atom is 0.161 e. The molecule has 1 fully saturated rings. The first-order valence-electron chi connectivity index (χ1n) is 5.76. The van der Waals surface area contributed by atoms with Gasteiger partial charge >= 0.3 is 0 Å². The van der Waals surface area contributed by atoms with E-state index in [1.807, 2.05) is 25.1 Å². The molecule has 1 aliphatic heterocycles. The lowest BCUT2D eigenvalue weighted by Crippen LogP contribution is -2.33. The zero-order valence-electron chi connectivity index (χ0n) is 10.3. The molecular formula is C13H18O4. The van der Waals surface area contributed by atoms with Crippen molar-refractivity contribution in [3.63, 3.8) is 0 Å². The number of benzene rings is 1. The van der Waals surface area contributed by atoms with Gasteiger partial charge in [0, 0.05) is 0 Å². The van der Waals surface area contributed by atoms with Crippen molar-refractivity contribution in [1.29, 1.82) is 0 Å². The number of ether oxygens (including phenoxy) is 4. The van der Waals surface area contributed by atoms with E-state index in [-0.39, 0.29) is 6.10 Å². The first kappa shape index (κ1) is 12.2. The van der Waals surface area contributed by atoms with Gasteiger partial charge in [-0.1, -0.05) is 6.07 Å². The summed E-state index contributed by atoms with van der Waals surface area (Å²) in [6.07, 6.45) is 0.00904. The molecule has 1 aromatic carbocycles. The summed E-state index contributed by atoms with van der Waals surface area (Å²) in [5.74, 6) is 1.49. The molecule has 0 aliphatic carbocycles. The fourth-order valence-corrected chi connectivity index (χ4v) is 1.71. The molecule has 4 heteroatoms.